The number of ether oxygens (including phenoxy) is 1. The van der Waals surface area contributed by atoms with Crippen molar-refractivity contribution in [2.75, 3.05) is 6.61 Å². The first-order valence-corrected chi connectivity index (χ1v) is 6.31. The Morgan fingerprint density at radius 3 is 2.74 bits per heavy atom. The van der Waals surface area contributed by atoms with Crippen LogP contribution in [-0.4, -0.2) is 23.6 Å². The van der Waals surface area contributed by atoms with E-state index in [9.17, 15) is 9.59 Å². The van der Waals surface area contributed by atoms with Gasteiger partial charge in [0.1, 0.15) is 5.75 Å². The van der Waals surface area contributed by atoms with E-state index in [0.717, 1.165) is 16.1 Å². The third-order valence-corrected chi connectivity index (χ3v) is 2.73. The maximum atomic E-state index is 10.7. The maximum absolute atomic E-state index is 10.7. The predicted octanol–water partition coefficient (Wildman–Crippen LogP) is 2.11. The number of hydrogen-bond donors (Lipinski definition) is 2. The molecular formula is C13H14BrNO4. The minimum absolute atomic E-state index is 0.109. The van der Waals surface area contributed by atoms with Crippen molar-refractivity contribution in [1.82, 2.24) is 0 Å². The van der Waals surface area contributed by atoms with Crippen LogP contribution in [0, 0.1) is 6.92 Å². The molecule has 0 aromatic heterocycles. The molecule has 0 unspecified atom stereocenters. The average Bonchev–Trinajstić information content (AvgIpc) is 2.28. The number of primary amides is 1. The predicted molar refractivity (Wildman–Crippen MR) is 74.9 cm³/mol. The van der Waals surface area contributed by atoms with Gasteiger partial charge in [-0.2, -0.15) is 0 Å². The van der Waals surface area contributed by atoms with Gasteiger partial charge in [0, 0.05) is 16.1 Å². The Labute approximate surface area is 119 Å². The number of carbonyl (C=O) groups is 2. The van der Waals surface area contributed by atoms with Crippen molar-refractivity contribution in [3.8, 4) is 5.75 Å². The second kappa shape index (κ2) is 6.94. The van der Waals surface area contributed by atoms with Crippen molar-refractivity contribution < 1.29 is 19.4 Å². The minimum Gasteiger partial charge on any atom is -0.492 e. The van der Waals surface area contributed by atoms with Crippen molar-refractivity contribution in [2.45, 2.75) is 13.3 Å². The highest BCUT2D eigenvalue weighted by molar-refractivity contribution is 9.10. The van der Waals surface area contributed by atoms with Crippen molar-refractivity contribution in [3.63, 3.8) is 0 Å². The van der Waals surface area contributed by atoms with Gasteiger partial charge in [0.05, 0.1) is 13.0 Å². The molecular weight excluding hydrogens is 314 g/mol. The lowest BCUT2D eigenvalue weighted by Crippen LogP contribution is -2.15. The van der Waals surface area contributed by atoms with E-state index in [1.54, 1.807) is 6.07 Å². The van der Waals surface area contributed by atoms with E-state index < -0.39 is 11.9 Å². The summed E-state index contributed by atoms with van der Waals surface area (Å²) in [6, 6.07) is 3.59. The minimum atomic E-state index is -1.04. The third-order valence-electron chi connectivity index (χ3n) is 2.27. The molecule has 0 saturated heterocycles. The lowest BCUT2D eigenvalue weighted by Gasteiger charge is -2.12. The van der Waals surface area contributed by atoms with Crippen LogP contribution < -0.4 is 10.5 Å². The van der Waals surface area contributed by atoms with Gasteiger partial charge in [-0.25, -0.2) is 4.79 Å². The monoisotopic (exact) mass is 327 g/mol. The van der Waals surface area contributed by atoms with Crippen LogP contribution in [0.3, 0.4) is 0 Å². The van der Waals surface area contributed by atoms with Gasteiger partial charge >= 0.3 is 5.97 Å². The molecule has 3 N–H and O–H groups in total. The summed E-state index contributed by atoms with van der Waals surface area (Å²) in [6.45, 7) is 1.99. The fourth-order valence-electron chi connectivity index (χ4n) is 1.49. The summed E-state index contributed by atoms with van der Waals surface area (Å²) in [6.07, 6.45) is 2.58. The molecule has 0 aliphatic carbocycles. The summed E-state index contributed by atoms with van der Waals surface area (Å²) in [7, 11) is 0. The Kier molecular flexibility index (Phi) is 5.57. The molecule has 0 spiro atoms. The second-order valence-corrected chi connectivity index (χ2v) is 4.79. The van der Waals surface area contributed by atoms with Crippen LogP contribution in [0.5, 0.6) is 5.75 Å². The van der Waals surface area contributed by atoms with Crippen molar-refractivity contribution in [3.05, 3.63) is 33.8 Å². The molecule has 6 heteroatoms. The molecule has 1 aromatic carbocycles. The highest BCUT2D eigenvalue weighted by Gasteiger charge is 2.08. The van der Waals surface area contributed by atoms with E-state index in [2.05, 4.69) is 15.9 Å². The number of halogens is 1. The molecule has 0 bridgehead atoms. The number of aliphatic carboxylic acids is 1. The Balaban J connectivity index is 2.99. The zero-order valence-electron chi connectivity index (χ0n) is 10.4. The lowest BCUT2D eigenvalue weighted by atomic mass is 10.1. The van der Waals surface area contributed by atoms with Crippen LogP contribution in [0.15, 0.2) is 22.7 Å². The van der Waals surface area contributed by atoms with Gasteiger partial charge in [-0.1, -0.05) is 15.9 Å². The normalized spacial score (nSPS) is 10.6. The molecule has 0 aliphatic heterocycles. The molecule has 1 rings (SSSR count). The Morgan fingerprint density at radius 1 is 1.47 bits per heavy atom. The van der Waals surface area contributed by atoms with E-state index in [4.69, 9.17) is 15.6 Å². The van der Waals surface area contributed by atoms with E-state index in [0.29, 0.717) is 11.3 Å². The topological polar surface area (TPSA) is 89.6 Å². The van der Waals surface area contributed by atoms with Gasteiger partial charge in [-0.3, -0.25) is 4.79 Å². The van der Waals surface area contributed by atoms with Crippen LogP contribution in [0.1, 0.15) is 17.5 Å². The number of benzene rings is 1. The number of carbonyl (C=O) groups excluding carboxylic acids is 1. The SMILES string of the molecule is Cc1cc(Br)cc(/C=C/C(=O)O)c1OCCC(N)=O. The van der Waals surface area contributed by atoms with Crippen molar-refractivity contribution in [2.24, 2.45) is 5.73 Å². The standard InChI is InChI=1S/C13H14BrNO4/c1-8-6-10(14)7-9(2-3-12(17)18)13(8)19-5-4-11(15)16/h2-3,6-7H,4-5H2,1H3,(H2,15,16)(H,17,18)/b3-2+. The maximum Gasteiger partial charge on any atom is 0.328 e. The Morgan fingerprint density at radius 2 is 2.16 bits per heavy atom. The van der Waals surface area contributed by atoms with E-state index in [-0.39, 0.29) is 13.0 Å². The second-order valence-electron chi connectivity index (χ2n) is 3.88. The van der Waals surface area contributed by atoms with Gasteiger partial charge in [0.2, 0.25) is 5.91 Å². The van der Waals surface area contributed by atoms with E-state index >= 15 is 0 Å². The molecule has 1 aromatic rings. The Hall–Kier alpha value is -1.82. The van der Waals surface area contributed by atoms with E-state index in [1.807, 2.05) is 13.0 Å². The van der Waals surface area contributed by atoms with E-state index in [1.165, 1.54) is 6.08 Å². The van der Waals surface area contributed by atoms with Crippen LogP contribution >= 0.6 is 15.9 Å². The van der Waals surface area contributed by atoms with Crippen LogP contribution in [-0.2, 0) is 9.59 Å². The van der Waals surface area contributed by atoms with Gasteiger partial charge in [0.25, 0.3) is 0 Å². The number of rotatable bonds is 6. The first-order valence-electron chi connectivity index (χ1n) is 5.52. The number of carboxylic acid groups (broad SMARTS) is 1. The summed E-state index contributed by atoms with van der Waals surface area (Å²) in [5, 5.41) is 8.65. The third kappa shape index (κ3) is 5.13. The molecule has 19 heavy (non-hydrogen) atoms. The van der Waals surface area contributed by atoms with Gasteiger partial charge < -0.3 is 15.6 Å². The molecule has 5 nitrogen and oxygen atoms in total. The summed E-state index contributed by atoms with van der Waals surface area (Å²) < 4.78 is 6.32. The molecule has 0 heterocycles. The number of aryl methyl sites for hydroxylation is 1. The number of nitrogens with two attached hydrogens (primary N) is 1. The molecule has 0 saturated carbocycles. The molecule has 0 atom stereocenters. The zero-order valence-corrected chi connectivity index (χ0v) is 11.9. The zero-order chi connectivity index (χ0) is 14.4. The van der Waals surface area contributed by atoms with Gasteiger partial charge in [0.15, 0.2) is 0 Å². The highest BCUT2D eigenvalue weighted by atomic mass is 79.9. The fourth-order valence-corrected chi connectivity index (χ4v) is 2.08. The van der Waals surface area contributed by atoms with Gasteiger partial charge in [-0.15, -0.1) is 0 Å². The molecule has 102 valence electrons. The summed E-state index contributed by atoms with van der Waals surface area (Å²) in [5.41, 5.74) is 6.50. The number of amides is 1. The van der Waals surface area contributed by atoms with Crippen LogP contribution in [0.2, 0.25) is 0 Å². The molecule has 0 fully saturated rings. The first-order chi connectivity index (χ1) is 8.90. The molecule has 1 amide bonds. The number of carboxylic acids is 1. The quantitative estimate of drug-likeness (QED) is 0.783. The summed E-state index contributed by atoms with van der Waals surface area (Å²) >= 11 is 3.33. The van der Waals surface area contributed by atoms with Crippen LogP contribution in [0.25, 0.3) is 6.08 Å². The fraction of sp³-hybridized carbons (Fsp3) is 0.231. The van der Waals surface area contributed by atoms with Gasteiger partial charge in [-0.05, 0) is 30.7 Å². The smallest absolute Gasteiger partial charge is 0.328 e. The average molecular weight is 328 g/mol. The summed E-state index contributed by atoms with van der Waals surface area (Å²) in [4.78, 5) is 21.2. The summed E-state index contributed by atoms with van der Waals surface area (Å²) in [5.74, 6) is -0.944. The van der Waals surface area contributed by atoms with Crippen molar-refractivity contribution in [1.29, 1.82) is 0 Å². The Bertz CT molecular complexity index is 526. The first kappa shape index (κ1) is 15.2. The largest absolute Gasteiger partial charge is 0.492 e. The molecule has 0 aliphatic rings. The number of hydrogen-bond acceptors (Lipinski definition) is 3. The van der Waals surface area contributed by atoms with Crippen LogP contribution in [0.4, 0.5) is 0 Å². The molecule has 0 radical (unpaired) electrons. The lowest BCUT2D eigenvalue weighted by molar-refractivity contribution is -0.131. The highest BCUT2D eigenvalue weighted by Crippen LogP contribution is 2.29. The van der Waals surface area contributed by atoms with Crippen molar-refractivity contribution >= 4 is 33.9 Å².